The lowest BCUT2D eigenvalue weighted by molar-refractivity contribution is -0.147. The van der Waals surface area contributed by atoms with Crippen LogP contribution in [-0.2, 0) is 19.1 Å². The van der Waals surface area contributed by atoms with Gasteiger partial charge in [0.25, 0.3) is 0 Å². The Hall–Kier alpha value is -1.85. The molecule has 2 N–H and O–H groups in total. The van der Waals surface area contributed by atoms with Crippen LogP contribution in [0.5, 0.6) is 0 Å². The number of carbonyl (C=O) groups excluding carboxylic acids is 1. The summed E-state index contributed by atoms with van der Waals surface area (Å²) in [6.07, 6.45) is 16.2. The van der Waals surface area contributed by atoms with E-state index in [4.69, 9.17) is 14.9 Å². The van der Waals surface area contributed by atoms with Crippen molar-refractivity contribution in [2.45, 2.75) is 104 Å². The molecule has 0 aliphatic carbocycles. The van der Waals surface area contributed by atoms with Crippen LogP contribution in [0.3, 0.4) is 0 Å². The molecule has 0 bridgehead atoms. The van der Waals surface area contributed by atoms with E-state index in [2.05, 4.69) is 6.92 Å². The van der Waals surface area contributed by atoms with Gasteiger partial charge in [-0.3, -0.25) is 4.79 Å². The minimum Gasteiger partial charge on any atom is -0.478 e. The molecular weight excluding hydrogens is 348 g/mol. The first-order valence-corrected chi connectivity index (χ1v) is 10.1. The summed E-state index contributed by atoms with van der Waals surface area (Å²) in [6, 6.07) is 0. The van der Waals surface area contributed by atoms with Crippen LogP contribution in [0.15, 0.2) is 12.2 Å². The fourth-order valence-electron chi connectivity index (χ4n) is 2.40. The van der Waals surface area contributed by atoms with Crippen molar-refractivity contribution in [3.05, 3.63) is 12.2 Å². The molecule has 0 aromatic rings. The largest absolute Gasteiger partial charge is 0.478 e. The molecule has 0 heterocycles. The van der Waals surface area contributed by atoms with Gasteiger partial charge < -0.3 is 14.9 Å². The molecule has 0 spiro atoms. The monoisotopic (exact) mass is 386 g/mol. The second-order valence-electron chi connectivity index (χ2n) is 6.83. The Kier molecular flexibility index (Phi) is 20.7. The smallest absolute Gasteiger partial charge is 0.328 e. The van der Waals surface area contributed by atoms with Crippen molar-refractivity contribution in [2.75, 3.05) is 0 Å². The minimum atomic E-state index is -1.26. The van der Waals surface area contributed by atoms with Gasteiger partial charge >= 0.3 is 17.9 Å². The molecule has 0 aromatic carbocycles. The molecule has 0 fully saturated rings. The van der Waals surface area contributed by atoms with Gasteiger partial charge in [-0.05, 0) is 20.3 Å². The van der Waals surface area contributed by atoms with E-state index < -0.39 is 11.9 Å². The number of aliphatic carboxylic acids is 2. The van der Waals surface area contributed by atoms with Gasteiger partial charge in [-0.25, -0.2) is 9.59 Å². The average Bonchev–Trinajstić information content (AvgIpc) is 2.58. The van der Waals surface area contributed by atoms with Gasteiger partial charge in [-0.15, -0.1) is 0 Å². The van der Waals surface area contributed by atoms with Gasteiger partial charge in [0, 0.05) is 18.6 Å². The van der Waals surface area contributed by atoms with Crippen LogP contribution in [0.1, 0.15) is 97.8 Å². The second kappa shape index (κ2) is 20.5. The van der Waals surface area contributed by atoms with Crippen LogP contribution in [0.2, 0.25) is 0 Å². The molecule has 0 aliphatic rings. The van der Waals surface area contributed by atoms with Crippen LogP contribution in [0.25, 0.3) is 0 Å². The summed E-state index contributed by atoms with van der Waals surface area (Å²) in [5, 5.41) is 15.6. The van der Waals surface area contributed by atoms with Gasteiger partial charge in [0.2, 0.25) is 0 Å². The maximum absolute atomic E-state index is 11.3. The Morgan fingerprint density at radius 1 is 0.741 bits per heavy atom. The SMILES string of the molecule is CCCCCCCCCCCCCC(=O)OC(C)C.O=C(O)/C=C/C(=O)O. The van der Waals surface area contributed by atoms with Crippen molar-refractivity contribution in [1.82, 2.24) is 0 Å². The Balaban J connectivity index is 0. The molecule has 0 unspecified atom stereocenters. The van der Waals surface area contributed by atoms with E-state index in [-0.39, 0.29) is 12.1 Å². The van der Waals surface area contributed by atoms with Crippen LogP contribution in [0.4, 0.5) is 0 Å². The zero-order valence-corrected chi connectivity index (χ0v) is 17.2. The van der Waals surface area contributed by atoms with Crippen molar-refractivity contribution >= 4 is 17.9 Å². The second-order valence-corrected chi connectivity index (χ2v) is 6.83. The Bertz CT molecular complexity index is 399. The molecule has 0 atom stereocenters. The minimum absolute atomic E-state index is 0.0280. The highest BCUT2D eigenvalue weighted by Gasteiger charge is 2.04. The van der Waals surface area contributed by atoms with Gasteiger partial charge in [0.1, 0.15) is 0 Å². The summed E-state index contributed by atoms with van der Waals surface area (Å²) in [5.74, 6) is -2.55. The van der Waals surface area contributed by atoms with Crippen molar-refractivity contribution < 1.29 is 29.3 Å². The number of hydrogen-bond acceptors (Lipinski definition) is 4. The third-order valence-corrected chi connectivity index (χ3v) is 3.72. The summed E-state index contributed by atoms with van der Waals surface area (Å²) in [6.45, 7) is 6.06. The summed E-state index contributed by atoms with van der Waals surface area (Å²) in [5.41, 5.74) is 0. The highest BCUT2D eigenvalue weighted by Crippen LogP contribution is 2.12. The van der Waals surface area contributed by atoms with Crippen LogP contribution in [-0.4, -0.2) is 34.2 Å². The quantitative estimate of drug-likeness (QED) is 0.223. The zero-order chi connectivity index (χ0) is 20.9. The van der Waals surface area contributed by atoms with Gasteiger partial charge in [-0.1, -0.05) is 71.1 Å². The van der Waals surface area contributed by atoms with Crippen LogP contribution < -0.4 is 0 Å². The first-order chi connectivity index (χ1) is 12.8. The highest BCUT2D eigenvalue weighted by molar-refractivity contribution is 5.89. The Labute approximate surface area is 164 Å². The normalized spacial score (nSPS) is 10.5. The average molecular weight is 387 g/mol. The van der Waals surface area contributed by atoms with E-state index >= 15 is 0 Å². The van der Waals surface area contributed by atoms with Crippen LogP contribution >= 0.6 is 0 Å². The van der Waals surface area contributed by atoms with Gasteiger partial charge in [0.15, 0.2) is 0 Å². The Morgan fingerprint density at radius 2 is 1.11 bits per heavy atom. The van der Waals surface area contributed by atoms with Gasteiger partial charge in [-0.2, -0.15) is 0 Å². The fourth-order valence-corrected chi connectivity index (χ4v) is 2.40. The van der Waals surface area contributed by atoms with E-state index in [9.17, 15) is 14.4 Å². The summed E-state index contributed by atoms with van der Waals surface area (Å²) in [7, 11) is 0. The third kappa shape index (κ3) is 29.2. The molecule has 6 heteroatoms. The summed E-state index contributed by atoms with van der Waals surface area (Å²) >= 11 is 0. The number of unbranched alkanes of at least 4 members (excludes halogenated alkanes) is 10. The molecule has 0 aromatic heterocycles. The van der Waals surface area contributed by atoms with E-state index in [0.29, 0.717) is 18.6 Å². The molecule has 0 saturated heterocycles. The molecule has 27 heavy (non-hydrogen) atoms. The zero-order valence-electron chi connectivity index (χ0n) is 17.2. The van der Waals surface area contributed by atoms with Gasteiger partial charge in [0.05, 0.1) is 6.10 Å². The lowest BCUT2D eigenvalue weighted by Gasteiger charge is -2.07. The number of esters is 1. The summed E-state index contributed by atoms with van der Waals surface area (Å²) < 4.78 is 5.10. The van der Waals surface area contributed by atoms with E-state index in [0.717, 1.165) is 6.42 Å². The lowest BCUT2D eigenvalue weighted by atomic mass is 10.1. The number of carbonyl (C=O) groups is 3. The standard InChI is InChI=1S/C17H34O2.C4H4O4/c1-4-5-6-7-8-9-10-11-12-13-14-15-17(18)19-16(2)3;5-3(6)1-2-4(7)8/h16H,4-15H2,1-3H3;1-2H,(H,5,6)(H,7,8)/b;2-1+. The van der Waals surface area contributed by atoms with Crippen molar-refractivity contribution in [3.8, 4) is 0 Å². The number of rotatable bonds is 15. The van der Waals surface area contributed by atoms with E-state index in [1.807, 2.05) is 13.8 Å². The van der Waals surface area contributed by atoms with Crippen molar-refractivity contribution in [1.29, 1.82) is 0 Å². The molecule has 0 amide bonds. The Morgan fingerprint density at radius 3 is 1.44 bits per heavy atom. The number of carboxylic acid groups (broad SMARTS) is 2. The molecule has 0 radical (unpaired) electrons. The molecule has 6 nitrogen and oxygen atoms in total. The maximum atomic E-state index is 11.3. The summed E-state index contributed by atoms with van der Waals surface area (Å²) in [4.78, 5) is 30.4. The molecule has 0 saturated carbocycles. The van der Waals surface area contributed by atoms with E-state index in [1.54, 1.807) is 0 Å². The predicted octanol–water partition coefficient (Wildman–Crippen LogP) is 5.35. The van der Waals surface area contributed by atoms with Crippen LogP contribution in [0, 0.1) is 0 Å². The first kappa shape index (κ1) is 27.4. The highest BCUT2D eigenvalue weighted by atomic mass is 16.5. The molecule has 0 rings (SSSR count). The van der Waals surface area contributed by atoms with Crippen molar-refractivity contribution in [2.24, 2.45) is 0 Å². The predicted molar refractivity (Wildman–Crippen MR) is 107 cm³/mol. The first-order valence-electron chi connectivity index (χ1n) is 10.1. The molecule has 0 aliphatic heterocycles. The fraction of sp³-hybridized carbons (Fsp3) is 0.762. The number of ether oxygens (including phenoxy) is 1. The van der Waals surface area contributed by atoms with Crippen molar-refractivity contribution in [3.63, 3.8) is 0 Å². The topological polar surface area (TPSA) is 101 Å². The lowest BCUT2D eigenvalue weighted by Crippen LogP contribution is -2.10. The van der Waals surface area contributed by atoms with E-state index in [1.165, 1.54) is 64.2 Å². The third-order valence-electron chi connectivity index (χ3n) is 3.72. The maximum Gasteiger partial charge on any atom is 0.328 e. The number of hydrogen-bond donors (Lipinski definition) is 2. The molecule has 158 valence electrons. The number of carboxylic acids is 2. The molecular formula is C21H38O6.